The van der Waals surface area contributed by atoms with Gasteiger partial charge in [0.1, 0.15) is 5.69 Å². The number of fused-ring (bicyclic) bond motifs is 1. The summed E-state index contributed by atoms with van der Waals surface area (Å²) in [7, 11) is 1.84. The molecule has 0 aliphatic heterocycles. The van der Waals surface area contributed by atoms with Crippen LogP contribution in [0.15, 0.2) is 36.9 Å². The number of hydrogen-bond acceptors (Lipinski definition) is 5. The van der Waals surface area contributed by atoms with Gasteiger partial charge in [0.2, 0.25) is 0 Å². The van der Waals surface area contributed by atoms with E-state index in [1.807, 2.05) is 13.2 Å². The zero-order valence-electron chi connectivity index (χ0n) is 13.2. The molecule has 0 spiro atoms. The number of aliphatic hydroxyl groups is 1. The van der Waals surface area contributed by atoms with Crippen LogP contribution < -0.4 is 5.32 Å². The third-order valence-corrected chi connectivity index (χ3v) is 4.50. The molecule has 8 nitrogen and oxygen atoms in total. The van der Waals surface area contributed by atoms with Crippen LogP contribution in [0.4, 0.5) is 0 Å². The molecule has 1 fully saturated rings. The summed E-state index contributed by atoms with van der Waals surface area (Å²) in [6.45, 7) is 0. The van der Waals surface area contributed by atoms with Crippen LogP contribution in [0.1, 0.15) is 34.9 Å². The van der Waals surface area contributed by atoms with E-state index in [4.69, 9.17) is 0 Å². The van der Waals surface area contributed by atoms with Gasteiger partial charge in [0.15, 0.2) is 5.65 Å². The minimum Gasteiger partial charge on any atom is -0.393 e. The van der Waals surface area contributed by atoms with E-state index in [2.05, 4.69) is 20.5 Å². The van der Waals surface area contributed by atoms with E-state index in [1.165, 1.54) is 10.7 Å². The maximum absolute atomic E-state index is 12.7. The second-order valence-electron chi connectivity index (χ2n) is 6.22. The largest absolute Gasteiger partial charge is 0.393 e. The molecule has 1 aliphatic rings. The quantitative estimate of drug-likeness (QED) is 0.736. The molecule has 0 bridgehead atoms. The number of aromatic nitrogens is 5. The van der Waals surface area contributed by atoms with Crippen LogP contribution in [0.2, 0.25) is 0 Å². The minimum atomic E-state index is -0.288. The summed E-state index contributed by atoms with van der Waals surface area (Å²) < 4.78 is 3.23. The van der Waals surface area contributed by atoms with Crippen molar-refractivity contribution in [1.82, 2.24) is 29.7 Å². The lowest BCUT2D eigenvalue weighted by Crippen LogP contribution is -2.41. The molecule has 1 atom stereocenters. The first-order valence-corrected chi connectivity index (χ1v) is 7.88. The topological polar surface area (TPSA) is 97.3 Å². The fourth-order valence-electron chi connectivity index (χ4n) is 3.18. The predicted molar refractivity (Wildman–Crippen MR) is 85.1 cm³/mol. The van der Waals surface area contributed by atoms with E-state index in [1.54, 1.807) is 29.2 Å². The van der Waals surface area contributed by atoms with Crippen LogP contribution in [0, 0.1) is 5.92 Å². The van der Waals surface area contributed by atoms with E-state index in [-0.39, 0.29) is 24.0 Å². The highest BCUT2D eigenvalue weighted by atomic mass is 16.3. The lowest BCUT2D eigenvalue weighted by atomic mass is 9.75. The van der Waals surface area contributed by atoms with Crippen LogP contribution >= 0.6 is 0 Å². The van der Waals surface area contributed by atoms with Gasteiger partial charge in [-0.1, -0.05) is 0 Å². The standard InChI is InChI=1S/C16H18N6O2/c1-21-9-11(7-19-21)15(10-5-12(23)6-10)20-16(24)13-8-17-14-3-2-4-18-22(13)14/h2-4,7-10,12,15,23H,5-6H2,1H3,(H,20,24)/t10?,12?,15-/m1/s1. The Bertz CT molecular complexity index is 879. The van der Waals surface area contributed by atoms with Crippen LogP contribution in [-0.2, 0) is 7.05 Å². The molecule has 1 saturated carbocycles. The highest BCUT2D eigenvalue weighted by Gasteiger charge is 2.36. The van der Waals surface area contributed by atoms with Gasteiger partial charge in [-0.2, -0.15) is 10.2 Å². The van der Waals surface area contributed by atoms with E-state index in [0.29, 0.717) is 24.2 Å². The fraction of sp³-hybridized carbons (Fsp3) is 0.375. The number of aliphatic hydroxyl groups excluding tert-OH is 1. The smallest absolute Gasteiger partial charge is 0.272 e. The van der Waals surface area contributed by atoms with Crippen molar-refractivity contribution in [2.45, 2.75) is 25.0 Å². The van der Waals surface area contributed by atoms with Gasteiger partial charge in [0.05, 0.1) is 24.5 Å². The van der Waals surface area contributed by atoms with Crippen molar-refractivity contribution in [2.75, 3.05) is 0 Å². The molecule has 0 unspecified atom stereocenters. The van der Waals surface area contributed by atoms with E-state index < -0.39 is 0 Å². The Hall–Kier alpha value is -2.74. The normalized spacial score (nSPS) is 21.4. The number of imidazole rings is 1. The molecule has 3 aromatic heterocycles. The highest BCUT2D eigenvalue weighted by Crippen LogP contribution is 2.38. The lowest BCUT2D eigenvalue weighted by Gasteiger charge is -2.37. The summed E-state index contributed by atoms with van der Waals surface area (Å²) in [5.41, 5.74) is 1.95. The molecular formula is C16H18N6O2. The van der Waals surface area contributed by atoms with Crippen LogP contribution in [0.3, 0.4) is 0 Å². The maximum Gasteiger partial charge on any atom is 0.272 e. The number of aryl methyl sites for hydroxylation is 1. The number of amides is 1. The average molecular weight is 326 g/mol. The van der Waals surface area contributed by atoms with E-state index in [9.17, 15) is 9.90 Å². The molecule has 1 aliphatic carbocycles. The van der Waals surface area contributed by atoms with Gasteiger partial charge in [-0.3, -0.25) is 9.48 Å². The number of rotatable bonds is 4. The molecule has 8 heteroatoms. The third-order valence-electron chi connectivity index (χ3n) is 4.50. The van der Waals surface area contributed by atoms with Crippen molar-refractivity contribution >= 4 is 11.6 Å². The number of hydrogen-bond donors (Lipinski definition) is 2. The fourth-order valence-corrected chi connectivity index (χ4v) is 3.18. The van der Waals surface area contributed by atoms with Crippen molar-refractivity contribution in [1.29, 1.82) is 0 Å². The van der Waals surface area contributed by atoms with Crippen molar-refractivity contribution < 1.29 is 9.90 Å². The first-order chi connectivity index (χ1) is 11.6. The molecule has 0 aromatic carbocycles. The van der Waals surface area contributed by atoms with Crippen molar-refractivity contribution in [3.63, 3.8) is 0 Å². The molecular weight excluding hydrogens is 308 g/mol. The molecule has 2 N–H and O–H groups in total. The van der Waals surface area contributed by atoms with Crippen LogP contribution in [-0.4, -0.2) is 41.5 Å². The summed E-state index contributed by atoms with van der Waals surface area (Å²) in [5, 5.41) is 21.0. The number of carbonyl (C=O) groups excluding carboxylic acids is 1. The molecule has 1 amide bonds. The molecule has 3 heterocycles. The average Bonchev–Trinajstić information content (AvgIpc) is 3.16. The van der Waals surface area contributed by atoms with Gasteiger partial charge in [-0.25, -0.2) is 9.50 Å². The number of carbonyl (C=O) groups is 1. The van der Waals surface area contributed by atoms with E-state index in [0.717, 1.165) is 5.56 Å². The summed E-state index contributed by atoms with van der Waals surface area (Å²) in [4.78, 5) is 16.9. The Morgan fingerprint density at radius 1 is 1.38 bits per heavy atom. The van der Waals surface area contributed by atoms with Gasteiger partial charge in [0.25, 0.3) is 5.91 Å². The number of nitrogens with one attached hydrogen (secondary N) is 1. The molecule has 4 rings (SSSR count). The third kappa shape index (κ3) is 2.54. The summed E-state index contributed by atoms with van der Waals surface area (Å²) in [6.07, 6.45) is 7.84. The van der Waals surface area contributed by atoms with Gasteiger partial charge in [0, 0.05) is 25.0 Å². The van der Waals surface area contributed by atoms with E-state index >= 15 is 0 Å². The van der Waals surface area contributed by atoms with Crippen molar-refractivity contribution in [3.8, 4) is 0 Å². The Balaban J connectivity index is 1.61. The Morgan fingerprint density at radius 3 is 2.92 bits per heavy atom. The van der Waals surface area contributed by atoms with Gasteiger partial charge in [-0.15, -0.1) is 0 Å². The molecule has 124 valence electrons. The minimum absolute atomic E-state index is 0.191. The molecule has 24 heavy (non-hydrogen) atoms. The van der Waals surface area contributed by atoms with Crippen molar-refractivity contribution in [3.05, 3.63) is 48.2 Å². The predicted octanol–water partition coefficient (Wildman–Crippen LogP) is 0.705. The number of nitrogens with zero attached hydrogens (tertiary/aromatic N) is 5. The van der Waals surface area contributed by atoms with Crippen LogP contribution in [0.25, 0.3) is 5.65 Å². The first kappa shape index (κ1) is 14.8. The second-order valence-corrected chi connectivity index (χ2v) is 6.22. The Kier molecular flexibility index (Phi) is 3.53. The molecule has 0 radical (unpaired) electrons. The van der Waals surface area contributed by atoms with Gasteiger partial charge in [-0.05, 0) is 30.9 Å². The SMILES string of the molecule is Cn1cc([C@H](NC(=O)c2cnc3cccnn23)C2CC(O)C2)cn1. The lowest BCUT2D eigenvalue weighted by molar-refractivity contribution is 0.0234. The maximum atomic E-state index is 12.7. The first-order valence-electron chi connectivity index (χ1n) is 7.88. The summed E-state index contributed by atoms with van der Waals surface area (Å²) in [5.74, 6) is -0.0447. The molecule has 0 saturated heterocycles. The zero-order valence-corrected chi connectivity index (χ0v) is 13.2. The highest BCUT2D eigenvalue weighted by molar-refractivity contribution is 5.93. The van der Waals surface area contributed by atoms with Gasteiger partial charge < -0.3 is 10.4 Å². The second kappa shape index (κ2) is 5.72. The zero-order chi connectivity index (χ0) is 16.7. The summed E-state index contributed by atoms with van der Waals surface area (Å²) in [6, 6.07) is 3.38. The summed E-state index contributed by atoms with van der Waals surface area (Å²) >= 11 is 0. The Morgan fingerprint density at radius 2 is 2.21 bits per heavy atom. The van der Waals surface area contributed by atoms with Gasteiger partial charge >= 0.3 is 0 Å². The van der Waals surface area contributed by atoms with Crippen molar-refractivity contribution in [2.24, 2.45) is 13.0 Å². The Labute approximate surface area is 138 Å². The monoisotopic (exact) mass is 326 g/mol. The van der Waals surface area contributed by atoms with Crippen LogP contribution in [0.5, 0.6) is 0 Å². The molecule has 3 aromatic rings.